The van der Waals surface area contributed by atoms with Crippen LogP contribution in [-0.4, -0.2) is 23.7 Å². The van der Waals surface area contributed by atoms with Crippen LogP contribution in [0.2, 0.25) is 0 Å². The fourth-order valence-corrected chi connectivity index (χ4v) is 0.860. The number of aliphatic hydroxyl groups excluding tert-OH is 1. The molecule has 82 valence electrons. The van der Waals surface area contributed by atoms with E-state index in [-0.39, 0.29) is 11.7 Å². The van der Waals surface area contributed by atoms with Gasteiger partial charge in [0, 0.05) is 6.08 Å². The van der Waals surface area contributed by atoms with Crippen LogP contribution in [0.1, 0.15) is 13.8 Å². The van der Waals surface area contributed by atoms with Crippen molar-refractivity contribution < 1.29 is 24.2 Å². The summed E-state index contributed by atoms with van der Waals surface area (Å²) in [7, 11) is 0. The first kappa shape index (κ1) is 11.3. The Bertz CT molecular complexity index is 338. The van der Waals surface area contributed by atoms with Gasteiger partial charge in [0.25, 0.3) is 0 Å². The van der Waals surface area contributed by atoms with Gasteiger partial charge in [-0.2, -0.15) is 0 Å². The highest BCUT2D eigenvalue weighted by atomic mass is 16.6. The van der Waals surface area contributed by atoms with E-state index in [9.17, 15) is 9.59 Å². The van der Waals surface area contributed by atoms with Crippen LogP contribution in [0.5, 0.6) is 0 Å². The molecule has 0 bridgehead atoms. The number of hydrogen-bond donors (Lipinski definition) is 1. The van der Waals surface area contributed by atoms with Crippen molar-refractivity contribution in [3.63, 3.8) is 0 Å². The third kappa shape index (κ3) is 3.46. The van der Waals surface area contributed by atoms with Gasteiger partial charge in [-0.25, -0.2) is 9.59 Å². The summed E-state index contributed by atoms with van der Waals surface area (Å²) in [5, 5.41) is 8.89. The Labute approximate surface area is 87.0 Å². The fourth-order valence-electron chi connectivity index (χ4n) is 0.860. The molecule has 0 amide bonds. The molecule has 0 atom stereocenters. The van der Waals surface area contributed by atoms with Crippen LogP contribution >= 0.6 is 0 Å². The van der Waals surface area contributed by atoms with Gasteiger partial charge in [0.2, 0.25) is 5.76 Å². The molecule has 0 unspecified atom stereocenters. The molecule has 1 heterocycles. The van der Waals surface area contributed by atoms with Crippen molar-refractivity contribution in [3.8, 4) is 0 Å². The van der Waals surface area contributed by atoms with Crippen molar-refractivity contribution in [2.24, 2.45) is 5.92 Å². The predicted molar refractivity (Wildman–Crippen MR) is 50.7 cm³/mol. The van der Waals surface area contributed by atoms with E-state index in [1.54, 1.807) is 0 Å². The summed E-state index contributed by atoms with van der Waals surface area (Å²) in [4.78, 5) is 21.8. The van der Waals surface area contributed by atoms with Crippen LogP contribution in [0.25, 0.3) is 0 Å². The summed E-state index contributed by atoms with van der Waals surface area (Å²) in [6.07, 6.45) is 2.09. The van der Waals surface area contributed by atoms with Gasteiger partial charge in [0.15, 0.2) is 0 Å². The molecule has 1 aliphatic rings. The molecule has 0 aliphatic carbocycles. The van der Waals surface area contributed by atoms with E-state index in [1.165, 1.54) is 0 Å². The highest BCUT2D eigenvalue weighted by Gasteiger charge is 2.20. The number of aliphatic hydroxyl groups is 1. The largest absolute Gasteiger partial charge is 0.502 e. The molecule has 15 heavy (non-hydrogen) atoms. The van der Waals surface area contributed by atoms with Crippen molar-refractivity contribution in [1.82, 2.24) is 0 Å². The van der Waals surface area contributed by atoms with Crippen LogP contribution in [0.4, 0.5) is 0 Å². The molecule has 5 heteroatoms. The molecule has 1 aliphatic heterocycles. The lowest BCUT2D eigenvalue weighted by atomic mass is 10.2. The maximum Gasteiger partial charge on any atom is 0.378 e. The zero-order valence-corrected chi connectivity index (χ0v) is 8.52. The Morgan fingerprint density at radius 1 is 1.67 bits per heavy atom. The summed E-state index contributed by atoms with van der Waals surface area (Å²) in [6.45, 7) is 4.11. The van der Waals surface area contributed by atoms with E-state index >= 15 is 0 Å². The van der Waals surface area contributed by atoms with Crippen molar-refractivity contribution in [2.75, 3.05) is 6.61 Å². The quantitative estimate of drug-likeness (QED) is 0.559. The summed E-state index contributed by atoms with van der Waals surface area (Å²) < 4.78 is 9.35. The molecule has 0 spiro atoms. The highest BCUT2D eigenvalue weighted by Crippen LogP contribution is 2.14. The van der Waals surface area contributed by atoms with Gasteiger partial charge in [-0.15, -0.1) is 0 Å². The molecule has 0 radical (unpaired) electrons. The fraction of sp³-hybridized carbons (Fsp3) is 0.400. The number of carbonyl (C=O) groups excluding carboxylic acids is 2. The zero-order valence-electron chi connectivity index (χ0n) is 8.52. The number of cyclic esters (lactones) is 1. The summed E-state index contributed by atoms with van der Waals surface area (Å²) in [5.74, 6) is -1.75. The standard InChI is InChI=1S/C10H12O5/c1-6(2)5-14-9(12)4-7-3-8(11)10(13)15-7/h3-4,6,11H,5H2,1-2H3/b7-4+. The van der Waals surface area contributed by atoms with Crippen molar-refractivity contribution in [2.45, 2.75) is 13.8 Å². The van der Waals surface area contributed by atoms with Gasteiger partial charge in [0.1, 0.15) is 5.76 Å². The van der Waals surface area contributed by atoms with Gasteiger partial charge in [0.05, 0.1) is 12.7 Å². The number of carbonyl (C=O) groups is 2. The summed E-state index contributed by atoms with van der Waals surface area (Å²) in [5.41, 5.74) is 0. The highest BCUT2D eigenvalue weighted by molar-refractivity contribution is 5.92. The zero-order chi connectivity index (χ0) is 11.4. The Balaban J connectivity index is 2.51. The third-order valence-corrected chi connectivity index (χ3v) is 1.52. The number of rotatable bonds is 3. The Morgan fingerprint density at radius 2 is 2.33 bits per heavy atom. The third-order valence-electron chi connectivity index (χ3n) is 1.52. The van der Waals surface area contributed by atoms with E-state index < -0.39 is 17.7 Å². The minimum Gasteiger partial charge on any atom is -0.502 e. The van der Waals surface area contributed by atoms with Crippen LogP contribution in [0.15, 0.2) is 23.7 Å². The molecule has 0 saturated carbocycles. The maximum absolute atomic E-state index is 11.1. The number of allylic oxidation sites excluding steroid dienone is 1. The van der Waals surface area contributed by atoms with Crippen molar-refractivity contribution in [3.05, 3.63) is 23.7 Å². The molecule has 1 rings (SSSR count). The minimum absolute atomic E-state index is 0.00810. The van der Waals surface area contributed by atoms with Crippen LogP contribution < -0.4 is 0 Å². The second-order valence-electron chi connectivity index (χ2n) is 3.49. The topological polar surface area (TPSA) is 72.8 Å². The first-order chi connectivity index (χ1) is 6.99. The van der Waals surface area contributed by atoms with Crippen molar-refractivity contribution in [1.29, 1.82) is 0 Å². The SMILES string of the molecule is CC(C)COC(=O)/C=C1\C=C(O)C(=O)O1. The number of hydrogen-bond acceptors (Lipinski definition) is 5. The summed E-state index contributed by atoms with van der Waals surface area (Å²) in [6, 6.07) is 0. The lowest BCUT2D eigenvalue weighted by Crippen LogP contribution is -2.08. The molecular formula is C10H12O5. The molecule has 0 aromatic rings. The van der Waals surface area contributed by atoms with Crippen molar-refractivity contribution >= 4 is 11.9 Å². The van der Waals surface area contributed by atoms with Gasteiger partial charge in [-0.1, -0.05) is 13.8 Å². The normalized spacial score (nSPS) is 17.9. The van der Waals surface area contributed by atoms with E-state index in [0.717, 1.165) is 12.2 Å². The second-order valence-corrected chi connectivity index (χ2v) is 3.49. The first-order valence-electron chi connectivity index (χ1n) is 4.50. The van der Waals surface area contributed by atoms with E-state index in [4.69, 9.17) is 9.84 Å². The maximum atomic E-state index is 11.1. The van der Waals surface area contributed by atoms with Crippen LogP contribution in [0.3, 0.4) is 0 Å². The average molecular weight is 212 g/mol. The first-order valence-corrected chi connectivity index (χ1v) is 4.50. The second kappa shape index (κ2) is 4.63. The van der Waals surface area contributed by atoms with Crippen LogP contribution in [0, 0.1) is 5.92 Å². The molecule has 0 fully saturated rings. The molecule has 1 N–H and O–H groups in total. The van der Waals surface area contributed by atoms with Gasteiger partial charge < -0.3 is 14.6 Å². The lowest BCUT2D eigenvalue weighted by Gasteiger charge is -2.04. The van der Waals surface area contributed by atoms with Crippen LogP contribution in [-0.2, 0) is 19.1 Å². The van der Waals surface area contributed by atoms with E-state index in [0.29, 0.717) is 6.61 Å². The minimum atomic E-state index is -0.863. The van der Waals surface area contributed by atoms with E-state index in [2.05, 4.69) is 4.74 Å². The Hall–Kier alpha value is -1.78. The van der Waals surface area contributed by atoms with Gasteiger partial charge in [-0.3, -0.25) is 0 Å². The smallest absolute Gasteiger partial charge is 0.378 e. The summed E-state index contributed by atoms with van der Waals surface area (Å²) >= 11 is 0. The van der Waals surface area contributed by atoms with Gasteiger partial charge in [-0.05, 0) is 5.92 Å². The monoisotopic (exact) mass is 212 g/mol. The number of ether oxygens (including phenoxy) is 2. The lowest BCUT2D eigenvalue weighted by molar-refractivity contribution is -0.139. The molecular weight excluding hydrogens is 200 g/mol. The molecule has 0 saturated heterocycles. The van der Waals surface area contributed by atoms with E-state index in [1.807, 2.05) is 13.8 Å². The van der Waals surface area contributed by atoms with Gasteiger partial charge >= 0.3 is 11.9 Å². The molecule has 0 aromatic heterocycles. The Morgan fingerprint density at radius 3 is 2.80 bits per heavy atom. The molecule has 0 aromatic carbocycles. The Kier molecular flexibility index (Phi) is 3.49. The average Bonchev–Trinajstić information content (AvgIpc) is 2.42. The number of esters is 2. The molecule has 5 nitrogen and oxygen atoms in total. The predicted octanol–water partition coefficient (Wildman–Crippen LogP) is 1.07.